The lowest BCUT2D eigenvalue weighted by Crippen LogP contribution is -2.30. The molecule has 3 heteroatoms. The van der Waals surface area contributed by atoms with E-state index in [9.17, 15) is 5.11 Å². The number of aliphatic hydroxyl groups is 1. The van der Waals surface area contributed by atoms with Crippen LogP contribution in [0.3, 0.4) is 0 Å². The third kappa shape index (κ3) is 3.40. The maximum atomic E-state index is 10.1. The van der Waals surface area contributed by atoms with Gasteiger partial charge in [-0.05, 0) is 55.2 Å². The molecule has 18 heavy (non-hydrogen) atoms. The summed E-state index contributed by atoms with van der Waals surface area (Å²) in [6.07, 6.45) is 5.07. The molecule has 100 valence electrons. The Morgan fingerprint density at radius 1 is 1.28 bits per heavy atom. The zero-order valence-electron chi connectivity index (χ0n) is 10.7. The fourth-order valence-corrected chi connectivity index (χ4v) is 3.39. The first kappa shape index (κ1) is 14.2. The van der Waals surface area contributed by atoms with Gasteiger partial charge in [0, 0.05) is 10.0 Å². The molecule has 1 fully saturated rings. The van der Waals surface area contributed by atoms with Crippen molar-refractivity contribution in [3.8, 4) is 0 Å². The van der Waals surface area contributed by atoms with Crippen molar-refractivity contribution in [3.63, 3.8) is 0 Å². The standard InChI is InChI=1S/C15H20Cl2O/c1-2-10-3-6-15(18)12(7-10)8-11-4-5-13(16)9-14(11)17/h4-5,9-10,12,15,18H,2-3,6-8H2,1H3. The molecule has 0 aromatic heterocycles. The Hall–Kier alpha value is -0.240. The van der Waals surface area contributed by atoms with Crippen molar-refractivity contribution in [1.29, 1.82) is 0 Å². The molecular weight excluding hydrogens is 267 g/mol. The summed E-state index contributed by atoms with van der Waals surface area (Å²) in [4.78, 5) is 0. The maximum absolute atomic E-state index is 10.1. The number of rotatable bonds is 3. The smallest absolute Gasteiger partial charge is 0.0571 e. The van der Waals surface area contributed by atoms with Gasteiger partial charge in [-0.15, -0.1) is 0 Å². The predicted octanol–water partition coefficient (Wildman–Crippen LogP) is 4.72. The Balaban J connectivity index is 2.07. The average Bonchev–Trinajstić information content (AvgIpc) is 2.35. The molecule has 0 saturated heterocycles. The largest absolute Gasteiger partial charge is 0.393 e. The Labute approximate surface area is 119 Å². The molecule has 1 aromatic carbocycles. The zero-order chi connectivity index (χ0) is 13.1. The first-order valence-electron chi connectivity index (χ1n) is 6.72. The number of benzene rings is 1. The van der Waals surface area contributed by atoms with Gasteiger partial charge in [0.1, 0.15) is 0 Å². The maximum Gasteiger partial charge on any atom is 0.0571 e. The molecule has 0 heterocycles. The van der Waals surface area contributed by atoms with Crippen LogP contribution in [0.5, 0.6) is 0 Å². The van der Waals surface area contributed by atoms with E-state index in [2.05, 4.69) is 6.92 Å². The fourth-order valence-electron chi connectivity index (χ4n) is 2.91. The molecule has 0 amide bonds. The molecular formula is C15H20Cl2O. The van der Waals surface area contributed by atoms with E-state index in [1.165, 1.54) is 6.42 Å². The lowest BCUT2D eigenvalue weighted by atomic mass is 9.76. The van der Waals surface area contributed by atoms with Gasteiger partial charge < -0.3 is 5.11 Å². The van der Waals surface area contributed by atoms with Gasteiger partial charge in [0.05, 0.1) is 6.10 Å². The van der Waals surface area contributed by atoms with Crippen molar-refractivity contribution in [2.75, 3.05) is 0 Å². The van der Waals surface area contributed by atoms with E-state index >= 15 is 0 Å². The highest BCUT2D eigenvalue weighted by Gasteiger charge is 2.28. The van der Waals surface area contributed by atoms with E-state index in [-0.39, 0.29) is 6.10 Å². The molecule has 1 aromatic rings. The molecule has 0 radical (unpaired) electrons. The zero-order valence-corrected chi connectivity index (χ0v) is 12.2. The van der Waals surface area contributed by atoms with Crippen LogP contribution in [0.1, 0.15) is 38.2 Å². The molecule has 1 saturated carbocycles. The minimum atomic E-state index is -0.181. The summed E-state index contributed by atoms with van der Waals surface area (Å²) in [6, 6.07) is 5.63. The van der Waals surface area contributed by atoms with Gasteiger partial charge in [-0.25, -0.2) is 0 Å². The second-order valence-corrected chi connectivity index (χ2v) is 6.20. The summed E-state index contributed by atoms with van der Waals surface area (Å²) < 4.78 is 0. The van der Waals surface area contributed by atoms with Crippen LogP contribution in [-0.4, -0.2) is 11.2 Å². The average molecular weight is 287 g/mol. The summed E-state index contributed by atoms with van der Waals surface area (Å²) in [5, 5.41) is 11.5. The second-order valence-electron chi connectivity index (χ2n) is 5.35. The van der Waals surface area contributed by atoms with Gasteiger partial charge in [-0.1, -0.05) is 42.6 Å². The quantitative estimate of drug-likeness (QED) is 0.852. The van der Waals surface area contributed by atoms with Gasteiger partial charge in [0.15, 0.2) is 0 Å². The van der Waals surface area contributed by atoms with Crippen molar-refractivity contribution in [1.82, 2.24) is 0 Å². The third-order valence-corrected chi connectivity index (χ3v) is 4.71. The monoisotopic (exact) mass is 286 g/mol. The normalized spacial score (nSPS) is 28.3. The highest BCUT2D eigenvalue weighted by molar-refractivity contribution is 6.35. The second kappa shape index (κ2) is 6.27. The van der Waals surface area contributed by atoms with Gasteiger partial charge in [0.25, 0.3) is 0 Å². The Kier molecular flexibility index (Phi) is 4.94. The van der Waals surface area contributed by atoms with E-state index in [0.717, 1.165) is 37.2 Å². The lowest BCUT2D eigenvalue weighted by molar-refractivity contribution is 0.0475. The summed E-state index contributed by atoms with van der Waals surface area (Å²) in [6.45, 7) is 2.23. The van der Waals surface area contributed by atoms with E-state index < -0.39 is 0 Å². The number of hydrogen-bond acceptors (Lipinski definition) is 1. The molecule has 3 atom stereocenters. The van der Waals surface area contributed by atoms with Crippen LogP contribution in [0.4, 0.5) is 0 Å². The minimum absolute atomic E-state index is 0.181. The van der Waals surface area contributed by atoms with Crippen LogP contribution in [-0.2, 0) is 6.42 Å². The van der Waals surface area contributed by atoms with Gasteiger partial charge >= 0.3 is 0 Å². The van der Waals surface area contributed by atoms with Crippen molar-refractivity contribution in [2.45, 2.75) is 45.1 Å². The number of hydrogen-bond donors (Lipinski definition) is 1. The van der Waals surface area contributed by atoms with Gasteiger partial charge in [-0.2, -0.15) is 0 Å². The van der Waals surface area contributed by atoms with Gasteiger partial charge in [0.2, 0.25) is 0 Å². The summed E-state index contributed by atoms with van der Waals surface area (Å²) >= 11 is 12.1. The predicted molar refractivity (Wildman–Crippen MR) is 77.3 cm³/mol. The van der Waals surface area contributed by atoms with Crippen LogP contribution in [0.2, 0.25) is 10.0 Å². The highest BCUT2D eigenvalue weighted by atomic mass is 35.5. The van der Waals surface area contributed by atoms with E-state index in [1.807, 2.05) is 12.1 Å². The summed E-state index contributed by atoms with van der Waals surface area (Å²) in [5.74, 6) is 1.09. The number of aliphatic hydroxyl groups excluding tert-OH is 1. The van der Waals surface area contributed by atoms with Crippen LogP contribution in [0, 0.1) is 11.8 Å². The van der Waals surface area contributed by atoms with Crippen LogP contribution >= 0.6 is 23.2 Å². The van der Waals surface area contributed by atoms with E-state index in [1.54, 1.807) is 6.07 Å². The fraction of sp³-hybridized carbons (Fsp3) is 0.600. The highest BCUT2D eigenvalue weighted by Crippen LogP contribution is 2.35. The molecule has 1 aliphatic carbocycles. The third-order valence-electron chi connectivity index (χ3n) is 4.13. The lowest BCUT2D eigenvalue weighted by Gasteiger charge is -2.33. The van der Waals surface area contributed by atoms with Crippen molar-refractivity contribution in [2.24, 2.45) is 11.8 Å². The van der Waals surface area contributed by atoms with Crippen molar-refractivity contribution < 1.29 is 5.11 Å². The molecule has 0 spiro atoms. The Morgan fingerprint density at radius 2 is 2.06 bits per heavy atom. The van der Waals surface area contributed by atoms with Crippen LogP contribution in [0.15, 0.2) is 18.2 Å². The topological polar surface area (TPSA) is 20.2 Å². The van der Waals surface area contributed by atoms with E-state index in [4.69, 9.17) is 23.2 Å². The SMILES string of the molecule is CCC1CCC(O)C(Cc2ccc(Cl)cc2Cl)C1. The van der Waals surface area contributed by atoms with E-state index in [0.29, 0.717) is 16.0 Å². The van der Waals surface area contributed by atoms with Crippen LogP contribution < -0.4 is 0 Å². The molecule has 1 nitrogen and oxygen atoms in total. The first-order valence-corrected chi connectivity index (χ1v) is 7.47. The summed E-state index contributed by atoms with van der Waals surface area (Å²) in [7, 11) is 0. The molecule has 1 N–H and O–H groups in total. The molecule has 0 aliphatic heterocycles. The Morgan fingerprint density at radius 3 is 2.72 bits per heavy atom. The molecule has 1 aliphatic rings. The van der Waals surface area contributed by atoms with Gasteiger partial charge in [-0.3, -0.25) is 0 Å². The molecule has 2 rings (SSSR count). The first-order chi connectivity index (χ1) is 8.60. The van der Waals surface area contributed by atoms with Crippen molar-refractivity contribution >= 4 is 23.2 Å². The summed E-state index contributed by atoms with van der Waals surface area (Å²) in [5.41, 5.74) is 1.10. The minimum Gasteiger partial charge on any atom is -0.393 e. The molecule has 0 bridgehead atoms. The van der Waals surface area contributed by atoms with Crippen molar-refractivity contribution in [3.05, 3.63) is 33.8 Å². The molecule has 3 unspecified atom stereocenters. The number of halogens is 2. The Bertz CT molecular complexity index is 405. The van der Waals surface area contributed by atoms with Crippen LogP contribution in [0.25, 0.3) is 0 Å².